The highest BCUT2D eigenvalue weighted by molar-refractivity contribution is 7.13. The molecule has 2 N–H and O–H groups in total. The molecule has 5 nitrogen and oxygen atoms in total. The van der Waals surface area contributed by atoms with E-state index < -0.39 is 0 Å². The smallest absolute Gasteiger partial charge is 0.257 e. The van der Waals surface area contributed by atoms with Crippen LogP contribution < -0.4 is 5.32 Å². The van der Waals surface area contributed by atoms with Crippen molar-refractivity contribution in [2.24, 2.45) is 0 Å². The Morgan fingerprint density at radius 1 is 1.00 bits per heavy atom. The Morgan fingerprint density at radius 3 is 2.67 bits per heavy atom. The van der Waals surface area contributed by atoms with Crippen LogP contribution in [-0.4, -0.2) is 21.7 Å². The Balaban J connectivity index is 1.39. The van der Waals surface area contributed by atoms with E-state index in [1.54, 1.807) is 11.3 Å². The zero-order valence-electron chi connectivity index (χ0n) is 16.6. The van der Waals surface area contributed by atoms with Crippen LogP contribution in [0.1, 0.15) is 35.9 Å². The number of thiophene rings is 1. The molecule has 0 spiro atoms. The van der Waals surface area contributed by atoms with Crippen LogP contribution >= 0.6 is 11.3 Å². The number of rotatable bonds is 7. The van der Waals surface area contributed by atoms with E-state index in [0.717, 1.165) is 16.9 Å². The molecule has 0 aliphatic heterocycles. The minimum Gasteiger partial charge on any atom is -0.418 e. The summed E-state index contributed by atoms with van der Waals surface area (Å²) < 4.78 is 5.91. The number of hydrogen-bond donors (Lipinski definition) is 2. The molecule has 0 saturated heterocycles. The third-order valence-electron chi connectivity index (χ3n) is 5.37. The monoisotopic (exact) mass is 414 g/mol. The van der Waals surface area contributed by atoms with Gasteiger partial charge in [0.2, 0.25) is 5.89 Å². The van der Waals surface area contributed by atoms with Gasteiger partial charge in [-0.2, -0.15) is 0 Å². The molecular weight excluding hydrogens is 392 g/mol. The Labute approximate surface area is 178 Å². The highest BCUT2D eigenvalue weighted by Crippen LogP contribution is 2.31. The maximum Gasteiger partial charge on any atom is 0.257 e. The van der Waals surface area contributed by atoms with E-state index in [1.807, 2.05) is 17.5 Å². The minimum atomic E-state index is -0.0531. The van der Waals surface area contributed by atoms with Gasteiger partial charge in [0, 0.05) is 29.6 Å². The van der Waals surface area contributed by atoms with Crippen molar-refractivity contribution in [3.8, 4) is 10.8 Å². The van der Waals surface area contributed by atoms with Gasteiger partial charge < -0.3 is 14.7 Å². The number of aromatic nitrogens is 3. The Bertz CT molecular complexity index is 1230. The van der Waals surface area contributed by atoms with Gasteiger partial charge in [0.05, 0.1) is 10.9 Å². The number of para-hydroxylation sites is 1. The number of nitrogens with zero attached hydrogens (tertiary/aromatic N) is 2. The summed E-state index contributed by atoms with van der Waals surface area (Å²) in [5, 5.41) is 15.3. The van der Waals surface area contributed by atoms with E-state index in [1.165, 1.54) is 16.5 Å². The summed E-state index contributed by atoms with van der Waals surface area (Å²) in [4.78, 5) is 4.40. The Morgan fingerprint density at radius 2 is 1.83 bits per heavy atom. The van der Waals surface area contributed by atoms with Gasteiger partial charge >= 0.3 is 0 Å². The van der Waals surface area contributed by atoms with Crippen molar-refractivity contribution < 1.29 is 4.42 Å². The predicted molar refractivity (Wildman–Crippen MR) is 121 cm³/mol. The Kier molecular flexibility index (Phi) is 5.17. The predicted octanol–water partition coefficient (Wildman–Crippen LogP) is 5.76. The molecule has 0 unspecified atom stereocenters. The van der Waals surface area contributed by atoms with Gasteiger partial charge in [-0.15, -0.1) is 21.5 Å². The van der Waals surface area contributed by atoms with Crippen LogP contribution in [0.3, 0.4) is 0 Å². The van der Waals surface area contributed by atoms with Crippen molar-refractivity contribution >= 4 is 22.2 Å². The summed E-state index contributed by atoms with van der Waals surface area (Å²) in [7, 11) is 0. The number of fused-ring (bicyclic) bond motifs is 1. The Hall–Kier alpha value is -3.22. The molecule has 2 atom stereocenters. The third-order valence-corrected chi connectivity index (χ3v) is 6.23. The van der Waals surface area contributed by atoms with E-state index in [9.17, 15) is 0 Å². The first-order valence-electron chi connectivity index (χ1n) is 10.0. The van der Waals surface area contributed by atoms with Crippen molar-refractivity contribution in [2.45, 2.75) is 18.9 Å². The average Bonchev–Trinajstić information content (AvgIpc) is 3.55. The molecule has 3 heterocycles. The van der Waals surface area contributed by atoms with Crippen LogP contribution in [0.25, 0.3) is 21.7 Å². The fourth-order valence-corrected chi connectivity index (χ4v) is 4.41. The topological polar surface area (TPSA) is 66.7 Å². The van der Waals surface area contributed by atoms with Crippen LogP contribution in [0.5, 0.6) is 0 Å². The molecule has 0 aliphatic rings. The highest BCUT2D eigenvalue weighted by atomic mass is 32.1. The zero-order chi connectivity index (χ0) is 20.3. The SMILES string of the molecule is C[C@@H](NC[C@H](c1ccccc1)c1c[nH]c2ccccc12)c1nnc(-c2cccs2)o1. The lowest BCUT2D eigenvalue weighted by Gasteiger charge is -2.20. The maximum atomic E-state index is 5.91. The van der Waals surface area contributed by atoms with E-state index in [4.69, 9.17) is 4.42 Å². The van der Waals surface area contributed by atoms with Crippen molar-refractivity contribution in [3.05, 3.63) is 95.3 Å². The number of nitrogens with one attached hydrogen (secondary N) is 2. The summed E-state index contributed by atoms with van der Waals surface area (Å²) >= 11 is 1.60. The summed E-state index contributed by atoms with van der Waals surface area (Å²) in [6, 6.07) is 22.9. The number of benzene rings is 2. The summed E-state index contributed by atoms with van der Waals surface area (Å²) in [5.74, 6) is 1.37. The van der Waals surface area contributed by atoms with E-state index >= 15 is 0 Å². The minimum absolute atomic E-state index is 0.0531. The maximum absolute atomic E-state index is 5.91. The van der Waals surface area contributed by atoms with Crippen molar-refractivity contribution in [1.29, 1.82) is 0 Å². The van der Waals surface area contributed by atoms with Crippen LogP contribution in [0.4, 0.5) is 0 Å². The largest absolute Gasteiger partial charge is 0.418 e. The first-order chi connectivity index (χ1) is 14.8. The molecule has 6 heteroatoms. The summed E-state index contributed by atoms with van der Waals surface area (Å²) in [6.07, 6.45) is 2.12. The van der Waals surface area contributed by atoms with Gasteiger partial charge in [0.1, 0.15) is 0 Å². The van der Waals surface area contributed by atoms with Gasteiger partial charge in [0.15, 0.2) is 0 Å². The summed E-state index contributed by atoms with van der Waals surface area (Å²) in [6.45, 7) is 2.81. The first-order valence-corrected chi connectivity index (χ1v) is 10.9. The standard InChI is InChI=1S/C24H22N4OS/c1-16(23-27-28-24(29-23)22-12-7-13-30-22)25-14-19(17-8-3-2-4-9-17)20-15-26-21-11-6-5-10-18(20)21/h2-13,15-16,19,25-26H,14H2,1H3/t16-,19-/m1/s1. The normalized spacial score (nSPS) is 13.5. The molecule has 2 aromatic carbocycles. The van der Waals surface area contributed by atoms with Crippen molar-refractivity contribution in [2.75, 3.05) is 6.54 Å². The molecule has 150 valence electrons. The van der Waals surface area contributed by atoms with E-state index in [0.29, 0.717) is 11.8 Å². The zero-order valence-corrected chi connectivity index (χ0v) is 17.4. The lowest BCUT2D eigenvalue weighted by atomic mass is 9.90. The number of H-pyrrole nitrogens is 1. The van der Waals surface area contributed by atoms with Gasteiger partial charge in [-0.05, 0) is 35.6 Å². The molecule has 0 bridgehead atoms. The third kappa shape index (κ3) is 3.67. The second-order valence-electron chi connectivity index (χ2n) is 7.31. The molecular formula is C24H22N4OS. The average molecular weight is 415 g/mol. The second kappa shape index (κ2) is 8.26. The van der Waals surface area contributed by atoms with Gasteiger partial charge in [-0.3, -0.25) is 0 Å². The molecule has 0 amide bonds. The molecule has 0 fully saturated rings. The second-order valence-corrected chi connectivity index (χ2v) is 8.25. The molecule has 0 saturated carbocycles. The van der Waals surface area contributed by atoms with Crippen LogP contribution in [0.15, 0.2) is 82.7 Å². The fraction of sp³-hybridized carbons (Fsp3) is 0.167. The van der Waals surface area contributed by atoms with E-state index in [2.05, 4.69) is 88.2 Å². The number of aromatic amines is 1. The lowest BCUT2D eigenvalue weighted by Crippen LogP contribution is -2.25. The molecule has 5 aromatic rings. The first kappa shape index (κ1) is 18.8. The molecule has 0 radical (unpaired) electrons. The van der Waals surface area contributed by atoms with Gasteiger partial charge in [-0.25, -0.2) is 0 Å². The van der Waals surface area contributed by atoms with Crippen LogP contribution in [0.2, 0.25) is 0 Å². The highest BCUT2D eigenvalue weighted by Gasteiger charge is 2.21. The van der Waals surface area contributed by atoms with Crippen molar-refractivity contribution in [1.82, 2.24) is 20.5 Å². The van der Waals surface area contributed by atoms with E-state index in [-0.39, 0.29) is 12.0 Å². The molecule has 5 rings (SSSR count). The van der Waals surface area contributed by atoms with Gasteiger partial charge in [-0.1, -0.05) is 54.6 Å². The van der Waals surface area contributed by atoms with Crippen LogP contribution in [-0.2, 0) is 0 Å². The van der Waals surface area contributed by atoms with Crippen molar-refractivity contribution in [3.63, 3.8) is 0 Å². The fourth-order valence-electron chi connectivity index (χ4n) is 3.77. The van der Waals surface area contributed by atoms with Gasteiger partial charge in [0.25, 0.3) is 5.89 Å². The molecule has 30 heavy (non-hydrogen) atoms. The number of hydrogen-bond acceptors (Lipinski definition) is 5. The summed E-state index contributed by atoms with van der Waals surface area (Å²) in [5.41, 5.74) is 3.70. The molecule has 3 aromatic heterocycles. The quantitative estimate of drug-likeness (QED) is 0.355. The van der Waals surface area contributed by atoms with Crippen LogP contribution in [0, 0.1) is 0 Å². The lowest BCUT2D eigenvalue weighted by molar-refractivity contribution is 0.419. The molecule has 0 aliphatic carbocycles.